The molecule has 10 heteroatoms. The molecule has 1 atom stereocenters. The number of pyridine rings is 1. The van der Waals surface area contributed by atoms with Crippen molar-refractivity contribution in [2.75, 3.05) is 20.3 Å². The molecule has 0 aliphatic rings. The summed E-state index contributed by atoms with van der Waals surface area (Å²) < 4.78 is 11.9. The SMILES string of the molecule is CCOC(=O)Cn1nnnc1[C@@H](CC)N(CCc1ccccc1)Cc1cc2cc(OC)ccc2[nH]c1=O. The van der Waals surface area contributed by atoms with E-state index in [1.807, 2.05) is 49.4 Å². The molecule has 0 saturated carbocycles. The summed E-state index contributed by atoms with van der Waals surface area (Å²) in [6, 6.07) is 17.4. The van der Waals surface area contributed by atoms with E-state index in [2.05, 4.69) is 37.5 Å². The first-order valence-electron chi connectivity index (χ1n) is 12.4. The van der Waals surface area contributed by atoms with Gasteiger partial charge in [0.05, 0.1) is 19.8 Å². The minimum Gasteiger partial charge on any atom is -0.497 e. The van der Waals surface area contributed by atoms with E-state index < -0.39 is 5.97 Å². The van der Waals surface area contributed by atoms with Crippen LogP contribution >= 0.6 is 0 Å². The third-order valence-corrected chi connectivity index (χ3v) is 6.30. The number of rotatable bonds is 12. The molecule has 0 saturated heterocycles. The maximum Gasteiger partial charge on any atom is 0.327 e. The van der Waals surface area contributed by atoms with Gasteiger partial charge in [-0.3, -0.25) is 14.5 Å². The van der Waals surface area contributed by atoms with Crippen molar-refractivity contribution in [3.63, 3.8) is 0 Å². The van der Waals surface area contributed by atoms with E-state index in [0.717, 1.165) is 23.1 Å². The van der Waals surface area contributed by atoms with Crippen molar-refractivity contribution < 1.29 is 14.3 Å². The third kappa shape index (κ3) is 6.39. The molecule has 2 aromatic carbocycles. The van der Waals surface area contributed by atoms with Crippen LogP contribution in [0.3, 0.4) is 0 Å². The average molecular weight is 505 g/mol. The molecule has 0 unspecified atom stereocenters. The van der Waals surface area contributed by atoms with Crippen LogP contribution in [-0.4, -0.2) is 56.3 Å². The number of nitrogens with one attached hydrogen (secondary N) is 1. The summed E-state index contributed by atoms with van der Waals surface area (Å²) in [6.45, 7) is 5.04. The Bertz CT molecular complexity index is 1380. The van der Waals surface area contributed by atoms with Crippen molar-refractivity contribution in [3.8, 4) is 5.75 Å². The Labute approximate surface area is 215 Å². The van der Waals surface area contributed by atoms with Crippen LogP contribution in [0.25, 0.3) is 10.9 Å². The summed E-state index contributed by atoms with van der Waals surface area (Å²) in [5, 5.41) is 13.0. The number of nitrogens with zero attached hydrogens (tertiary/aromatic N) is 5. The topological polar surface area (TPSA) is 115 Å². The zero-order valence-corrected chi connectivity index (χ0v) is 21.4. The lowest BCUT2D eigenvalue weighted by molar-refractivity contribution is -0.144. The smallest absolute Gasteiger partial charge is 0.327 e. The number of H-pyrrole nitrogens is 1. The van der Waals surface area contributed by atoms with Gasteiger partial charge in [0, 0.05) is 29.6 Å². The second-order valence-corrected chi connectivity index (χ2v) is 8.71. The van der Waals surface area contributed by atoms with Gasteiger partial charge in [-0.2, -0.15) is 0 Å². The Kier molecular flexibility index (Phi) is 8.63. The normalized spacial score (nSPS) is 12.1. The standard InChI is InChI=1S/C27H32N6O4/c1-4-24(26-29-30-31-33(26)18-25(34)37-5-2)32(14-13-19-9-7-6-8-10-19)17-21-15-20-16-22(36-3)11-12-23(20)28-27(21)35/h6-12,15-16,24H,4-5,13-14,17-18H2,1-3H3,(H,28,35)/t24-/m1/s1. The van der Waals surface area contributed by atoms with E-state index in [9.17, 15) is 9.59 Å². The number of carbonyl (C=O) groups excluding carboxylic acids is 1. The molecule has 0 spiro atoms. The zero-order valence-electron chi connectivity index (χ0n) is 21.4. The second kappa shape index (κ2) is 12.3. The number of hydrogen-bond donors (Lipinski definition) is 1. The van der Waals surface area contributed by atoms with E-state index >= 15 is 0 Å². The lowest BCUT2D eigenvalue weighted by atomic mass is 10.1. The highest BCUT2D eigenvalue weighted by atomic mass is 16.5. The van der Waals surface area contributed by atoms with E-state index in [4.69, 9.17) is 9.47 Å². The number of tetrazole rings is 1. The average Bonchev–Trinajstić information content (AvgIpc) is 3.35. The molecule has 0 bridgehead atoms. The maximum absolute atomic E-state index is 13.1. The van der Waals surface area contributed by atoms with E-state index in [-0.39, 0.29) is 24.8 Å². The Hall–Kier alpha value is -4.05. The number of methoxy groups -OCH3 is 1. The van der Waals surface area contributed by atoms with Crippen molar-refractivity contribution in [2.24, 2.45) is 0 Å². The van der Waals surface area contributed by atoms with Gasteiger partial charge in [0.1, 0.15) is 12.3 Å². The number of aromatic nitrogens is 5. The molecule has 0 aliphatic heterocycles. The Morgan fingerprint density at radius 2 is 1.95 bits per heavy atom. The number of ether oxygens (including phenoxy) is 2. The highest BCUT2D eigenvalue weighted by molar-refractivity contribution is 5.80. The molecule has 2 heterocycles. The van der Waals surface area contributed by atoms with Crippen LogP contribution < -0.4 is 10.3 Å². The maximum atomic E-state index is 13.1. The van der Waals surface area contributed by atoms with Gasteiger partial charge in [-0.05, 0) is 60.0 Å². The van der Waals surface area contributed by atoms with Crippen molar-refractivity contribution in [2.45, 2.75) is 45.8 Å². The molecule has 194 valence electrons. The van der Waals surface area contributed by atoms with E-state index in [0.29, 0.717) is 30.9 Å². The number of fused-ring (bicyclic) bond motifs is 1. The van der Waals surface area contributed by atoms with Gasteiger partial charge >= 0.3 is 5.97 Å². The van der Waals surface area contributed by atoms with Crippen molar-refractivity contribution >= 4 is 16.9 Å². The number of hydrogen-bond acceptors (Lipinski definition) is 8. The number of aromatic amines is 1. The van der Waals surface area contributed by atoms with Crippen LogP contribution in [0.1, 0.15) is 43.3 Å². The van der Waals surface area contributed by atoms with Gasteiger partial charge in [0.25, 0.3) is 5.56 Å². The molecule has 2 aromatic heterocycles. The molecule has 0 amide bonds. The van der Waals surface area contributed by atoms with Crippen molar-refractivity contribution in [1.29, 1.82) is 0 Å². The molecule has 1 N–H and O–H groups in total. The second-order valence-electron chi connectivity index (χ2n) is 8.71. The molecule has 37 heavy (non-hydrogen) atoms. The zero-order chi connectivity index (χ0) is 26.2. The third-order valence-electron chi connectivity index (χ3n) is 6.30. The van der Waals surface area contributed by atoms with Crippen LogP contribution in [0.5, 0.6) is 5.75 Å². The molecular formula is C27H32N6O4. The minimum atomic E-state index is -0.401. The van der Waals surface area contributed by atoms with Gasteiger partial charge in [-0.15, -0.1) is 5.10 Å². The van der Waals surface area contributed by atoms with Crippen molar-refractivity contribution in [3.05, 3.63) is 81.9 Å². The predicted octanol–water partition coefficient (Wildman–Crippen LogP) is 3.28. The number of carbonyl (C=O) groups is 1. The van der Waals surface area contributed by atoms with E-state index in [1.165, 1.54) is 10.2 Å². The van der Waals surface area contributed by atoms with Gasteiger partial charge < -0.3 is 14.5 Å². The van der Waals surface area contributed by atoms with Crippen LogP contribution in [-0.2, 0) is 29.0 Å². The van der Waals surface area contributed by atoms with Crippen LogP contribution in [0, 0.1) is 0 Å². The number of benzene rings is 2. The summed E-state index contributed by atoms with van der Waals surface area (Å²) in [5.41, 5.74) is 2.40. The molecule has 0 fully saturated rings. The van der Waals surface area contributed by atoms with Gasteiger partial charge in [0.15, 0.2) is 5.82 Å². The lowest BCUT2D eigenvalue weighted by Crippen LogP contribution is -2.34. The van der Waals surface area contributed by atoms with Gasteiger partial charge in [0.2, 0.25) is 0 Å². The fraction of sp³-hybridized carbons (Fsp3) is 0.370. The van der Waals surface area contributed by atoms with E-state index in [1.54, 1.807) is 14.0 Å². The Morgan fingerprint density at radius 1 is 1.14 bits per heavy atom. The van der Waals surface area contributed by atoms with Crippen LogP contribution in [0.15, 0.2) is 59.4 Å². The minimum absolute atomic E-state index is 0.0739. The Morgan fingerprint density at radius 3 is 2.68 bits per heavy atom. The van der Waals surface area contributed by atoms with Gasteiger partial charge in [-0.25, -0.2) is 4.68 Å². The van der Waals surface area contributed by atoms with Crippen LogP contribution in [0.2, 0.25) is 0 Å². The monoisotopic (exact) mass is 504 g/mol. The van der Waals surface area contributed by atoms with Gasteiger partial charge in [-0.1, -0.05) is 37.3 Å². The quantitative estimate of drug-likeness (QED) is 0.292. The first kappa shape index (κ1) is 26.0. The van der Waals surface area contributed by atoms with Crippen molar-refractivity contribution in [1.82, 2.24) is 30.1 Å². The summed E-state index contributed by atoms with van der Waals surface area (Å²) in [5.74, 6) is 0.875. The highest BCUT2D eigenvalue weighted by Gasteiger charge is 2.26. The van der Waals surface area contributed by atoms with Crippen LogP contribution in [0.4, 0.5) is 0 Å². The summed E-state index contributed by atoms with van der Waals surface area (Å²) in [6.07, 6.45) is 1.45. The Balaban J connectivity index is 1.68. The number of esters is 1. The summed E-state index contributed by atoms with van der Waals surface area (Å²) in [7, 11) is 1.62. The molecule has 0 radical (unpaired) electrons. The predicted molar refractivity (Wildman–Crippen MR) is 139 cm³/mol. The molecule has 10 nitrogen and oxygen atoms in total. The molecule has 4 aromatic rings. The first-order valence-corrected chi connectivity index (χ1v) is 12.4. The lowest BCUT2D eigenvalue weighted by Gasteiger charge is -2.30. The molecular weight excluding hydrogens is 472 g/mol. The summed E-state index contributed by atoms with van der Waals surface area (Å²) >= 11 is 0. The fourth-order valence-electron chi connectivity index (χ4n) is 4.45. The first-order chi connectivity index (χ1) is 18.0. The molecule has 4 rings (SSSR count). The highest BCUT2D eigenvalue weighted by Crippen LogP contribution is 2.25. The fourth-order valence-corrected chi connectivity index (χ4v) is 4.45. The molecule has 0 aliphatic carbocycles. The largest absolute Gasteiger partial charge is 0.497 e. The summed E-state index contributed by atoms with van der Waals surface area (Å²) in [4.78, 5) is 30.4.